The normalized spacial score (nSPS) is 15.4. The number of rotatable bonds is 5. The van der Waals surface area contributed by atoms with Gasteiger partial charge in [-0.3, -0.25) is 4.79 Å². The number of halogens is 3. The number of alkyl halides is 3. The van der Waals surface area contributed by atoms with Crippen LogP contribution in [0.15, 0.2) is 80.7 Å². The van der Waals surface area contributed by atoms with Crippen LogP contribution in [0.1, 0.15) is 16.1 Å². The van der Waals surface area contributed by atoms with Crippen LogP contribution in [-0.4, -0.2) is 39.3 Å². The monoisotopic (exact) mass is 519 g/mol. The van der Waals surface area contributed by atoms with Crippen LogP contribution in [0, 0.1) is 0 Å². The van der Waals surface area contributed by atoms with Gasteiger partial charge < -0.3 is 9.15 Å². The Morgan fingerprint density at radius 3 is 2.42 bits per heavy atom. The molecule has 0 bridgehead atoms. The number of hydrazone groups is 1. The van der Waals surface area contributed by atoms with Gasteiger partial charge in [-0.25, -0.2) is 18.4 Å². The second-order valence-corrected chi connectivity index (χ2v) is 9.00. The first-order valence-electron chi connectivity index (χ1n) is 10.0. The number of anilines is 1. The Hall–Kier alpha value is -4.23. The van der Waals surface area contributed by atoms with Gasteiger partial charge in [-0.05, 0) is 54.6 Å². The zero-order valence-corrected chi connectivity index (χ0v) is 19.1. The number of nitrogens with two attached hydrogens (primary N) is 1. The van der Waals surface area contributed by atoms with E-state index >= 15 is 0 Å². The van der Waals surface area contributed by atoms with Crippen molar-refractivity contribution in [2.24, 2.45) is 10.2 Å². The topological polar surface area (TPSA) is 132 Å². The Morgan fingerprint density at radius 1 is 1.11 bits per heavy atom. The van der Waals surface area contributed by atoms with Gasteiger partial charge in [0.15, 0.2) is 5.71 Å². The van der Waals surface area contributed by atoms with E-state index in [1.165, 1.54) is 31.4 Å². The Balaban J connectivity index is 1.69. The third-order valence-electron chi connectivity index (χ3n) is 5.04. The van der Waals surface area contributed by atoms with E-state index in [9.17, 15) is 31.2 Å². The fourth-order valence-corrected chi connectivity index (χ4v) is 3.87. The lowest BCUT2D eigenvalue weighted by atomic mass is 10.1. The summed E-state index contributed by atoms with van der Waals surface area (Å²) in [5, 5.41) is 8.95. The zero-order chi connectivity index (χ0) is 26.3. The van der Waals surface area contributed by atoms with Crippen molar-refractivity contribution in [2.75, 3.05) is 12.1 Å². The van der Waals surface area contributed by atoms with Crippen molar-refractivity contribution in [3.05, 3.63) is 77.6 Å². The maximum atomic E-state index is 13.7. The summed E-state index contributed by atoms with van der Waals surface area (Å²) in [6, 6.07) is 13.3. The molecule has 36 heavy (non-hydrogen) atoms. The summed E-state index contributed by atoms with van der Waals surface area (Å²) in [6.45, 7) is 0. The van der Waals surface area contributed by atoms with E-state index in [0.29, 0.717) is 10.6 Å². The van der Waals surface area contributed by atoms with Gasteiger partial charge in [-0.2, -0.15) is 23.3 Å². The minimum atomic E-state index is -4.97. The first-order chi connectivity index (χ1) is 16.9. The molecule has 1 amide bonds. The fourth-order valence-electron chi connectivity index (χ4n) is 3.35. The van der Waals surface area contributed by atoms with Gasteiger partial charge in [0.25, 0.3) is 5.91 Å². The van der Waals surface area contributed by atoms with Crippen LogP contribution in [0.5, 0.6) is 0 Å². The fraction of sp³-hybridized carbons (Fsp3) is 0.0870. The lowest BCUT2D eigenvalue weighted by Gasteiger charge is -2.11. The number of ether oxygens (including phenoxy) is 1. The zero-order valence-electron chi connectivity index (χ0n) is 18.3. The molecular weight excluding hydrogens is 503 g/mol. The molecule has 1 aliphatic heterocycles. The van der Waals surface area contributed by atoms with Gasteiger partial charge in [-0.1, -0.05) is 12.1 Å². The third-order valence-corrected chi connectivity index (χ3v) is 5.97. The van der Waals surface area contributed by atoms with Crippen molar-refractivity contribution in [1.82, 2.24) is 0 Å². The van der Waals surface area contributed by atoms with E-state index in [0.717, 1.165) is 30.3 Å². The molecule has 9 nitrogen and oxygen atoms in total. The van der Waals surface area contributed by atoms with E-state index < -0.39 is 39.4 Å². The molecule has 0 radical (unpaired) electrons. The Bertz CT molecular complexity index is 1520. The standard InChI is InChI=1S/C23H16F3N3O6S/c1-34-22(31)14-4-2-3-13(11-14)19-10-7-16(35-19)12-18-20(23(24,25)26)28-29(21(18)30)15-5-8-17(9-6-15)36(27,32)33/h2-12H,1H3,(H2,27,32,33). The van der Waals surface area contributed by atoms with Gasteiger partial charge in [0.1, 0.15) is 11.5 Å². The number of methoxy groups -OCH3 is 1. The second kappa shape index (κ2) is 9.09. The van der Waals surface area contributed by atoms with Crippen LogP contribution >= 0.6 is 0 Å². The van der Waals surface area contributed by atoms with E-state index in [2.05, 4.69) is 9.84 Å². The molecule has 0 spiro atoms. The second-order valence-electron chi connectivity index (χ2n) is 7.43. The molecule has 0 aliphatic carbocycles. The van der Waals surface area contributed by atoms with E-state index in [1.54, 1.807) is 12.1 Å². The summed E-state index contributed by atoms with van der Waals surface area (Å²) in [4.78, 5) is 24.4. The third kappa shape index (κ3) is 4.92. The molecule has 1 aliphatic rings. The average molecular weight is 519 g/mol. The molecule has 186 valence electrons. The van der Waals surface area contributed by atoms with E-state index in [1.807, 2.05) is 0 Å². The Labute approximate surface area is 202 Å². The molecule has 0 saturated heterocycles. The molecule has 2 N–H and O–H groups in total. The Kier molecular flexibility index (Phi) is 6.28. The molecule has 3 aromatic rings. The highest BCUT2D eigenvalue weighted by Crippen LogP contribution is 2.34. The molecule has 0 atom stereocenters. The van der Waals surface area contributed by atoms with Gasteiger partial charge in [0.2, 0.25) is 10.0 Å². The van der Waals surface area contributed by atoms with Crippen LogP contribution in [0.25, 0.3) is 17.4 Å². The van der Waals surface area contributed by atoms with Crippen molar-refractivity contribution < 1.29 is 40.3 Å². The lowest BCUT2D eigenvalue weighted by molar-refractivity contribution is -0.114. The van der Waals surface area contributed by atoms with Crippen LogP contribution < -0.4 is 10.1 Å². The number of nitrogens with zero attached hydrogens (tertiary/aromatic N) is 2. The molecule has 0 unspecified atom stereocenters. The average Bonchev–Trinajstić information content (AvgIpc) is 3.43. The number of hydrogen-bond acceptors (Lipinski definition) is 7. The van der Waals surface area contributed by atoms with Crippen LogP contribution in [0.4, 0.5) is 18.9 Å². The number of sulfonamides is 1. The minimum absolute atomic E-state index is 0.0693. The number of carbonyl (C=O) groups excluding carboxylic acids is 2. The van der Waals surface area contributed by atoms with Crippen molar-refractivity contribution in [3.63, 3.8) is 0 Å². The summed E-state index contributed by atoms with van der Waals surface area (Å²) in [6.07, 6.45) is -4.07. The van der Waals surface area contributed by atoms with Gasteiger partial charge in [0.05, 0.1) is 28.8 Å². The first kappa shape index (κ1) is 24.9. The number of hydrogen-bond donors (Lipinski definition) is 1. The number of amides is 1. The van der Waals surface area contributed by atoms with Crippen molar-refractivity contribution in [3.8, 4) is 11.3 Å². The highest BCUT2D eigenvalue weighted by Gasteiger charge is 2.47. The SMILES string of the molecule is COC(=O)c1cccc(-c2ccc(C=C3C(=O)N(c4ccc(S(N)(=O)=O)cc4)N=C3C(F)(F)F)o2)c1. The maximum Gasteiger partial charge on any atom is 0.435 e. The Morgan fingerprint density at radius 2 is 1.81 bits per heavy atom. The number of furan rings is 1. The van der Waals surface area contributed by atoms with Crippen LogP contribution in [0.3, 0.4) is 0 Å². The summed E-state index contributed by atoms with van der Waals surface area (Å²) in [5.41, 5.74) is -1.62. The minimum Gasteiger partial charge on any atom is -0.465 e. The van der Waals surface area contributed by atoms with Gasteiger partial charge >= 0.3 is 12.1 Å². The number of carbonyl (C=O) groups is 2. The van der Waals surface area contributed by atoms with Crippen molar-refractivity contribution in [1.29, 1.82) is 0 Å². The van der Waals surface area contributed by atoms with Crippen LogP contribution in [0.2, 0.25) is 0 Å². The van der Waals surface area contributed by atoms with E-state index in [-0.39, 0.29) is 27.7 Å². The predicted molar refractivity (Wildman–Crippen MR) is 122 cm³/mol. The maximum absolute atomic E-state index is 13.7. The summed E-state index contributed by atoms with van der Waals surface area (Å²) in [7, 11) is -2.82. The molecule has 0 fully saturated rings. The molecule has 13 heteroatoms. The predicted octanol–water partition coefficient (Wildman–Crippen LogP) is 3.73. The van der Waals surface area contributed by atoms with Crippen molar-refractivity contribution in [2.45, 2.75) is 11.1 Å². The molecule has 1 aromatic heterocycles. The van der Waals surface area contributed by atoms with Gasteiger partial charge in [0, 0.05) is 5.56 Å². The summed E-state index contributed by atoms with van der Waals surface area (Å²) in [5.74, 6) is -1.51. The number of benzene rings is 2. The lowest BCUT2D eigenvalue weighted by Crippen LogP contribution is -2.25. The molecule has 4 rings (SSSR count). The van der Waals surface area contributed by atoms with Crippen LogP contribution in [-0.2, 0) is 19.6 Å². The highest BCUT2D eigenvalue weighted by atomic mass is 32.2. The largest absolute Gasteiger partial charge is 0.465 e. The molecular formula is C23H16F3N3O6S. The first-order valence-corrected chi connectivity index (χ1v) is 11.6. The van der Waals surface area contributed by atoms with Gasteiger partial charge in [-0.15, -0.1) is 0 Å². The summed E-state index contributed by atoms with van der Waals surface area (Å²) >= 11 is 0. The van der Waals surface area contributed by atoms with Crippen molar-refractivity contribution >= 4 is 39.4 Å². The molecule has 2 aromatic carbocycles. The smallest absolute Gasteiger partial charge is 0.435 e. The highest BCUT2D eigenvalue weighted by molar-refractivity contribution is 7.89. The number of esters is 1. The molecule has 0 saturated carbocycles. The van der Waals surface area contributed by atoms with E-state index in [4.69, 9.17) is 9.56 Å². The molecule has 2 heterocycles. The quantitative estimate of drug-likeness (QED) is 0.404. The summed E-state index contributed by atoms with van der Waals surface area (Å²) < 4.78 is 74.2. The number of primary sulfonamides is 1.